The van der Waals surface area contributed by atoms with E-state index >= 15 is 0 Å². The van der Waals surface area contributed by atoms with Crippen molar-refractivity contribution in [2.24, 2.45) is 10.1 Å². The van der Waals surface area contributed by atoms with Crippen LogP contribution in [0.3, 0.4) is 0 Å². The quantitative estimate of drug-likeness (QED) is 0.380. The zero-order valence-corrected chi connectivity index (χ0v) is 23.0. The van der Waals surface area contributed by atoms with Gasteiger partial charge in [-0.15, -0.1) is 0 Å². The first-order valence-corrected chi connectivity index (χ1v) is 15.8. The van der Waals surface area contributed by atoms with Gasteiger partial charge >= 0.3 is 0 Å². The number of hydrogen-bond acceptors (Lipinski definition) is 6. The van der Waals surface area contributed by atoms with Gasteiger partial charge in [0.15, 0.2) is 4.80 Å². The third-order valence-corrected chi connectivity index (χ3v) is 10.3. The highest BCUT2D eigenvalue weighted by molar-refractivity contribution is 7.89. The minimum absolute atomic E-state index is 0.0123. The molecule has 0 fully saturated rings. The van der Waals surface area contributed by atoms with Crippen LogP contribution in [0.2, 0.25) is 0 Å². The smallest absolute Gasteiger partial charge is 0.279 e. The second-order valence-corrected chi connectivity index (χ2v) is 13.5. The number of aromatic nitrogens is 1. The first-order valence-electron chi connectivity index (χ1n) is 12.0. The molecule has 2 heterocycles. The van der Waals surface area contributed by atoms with Gasteiger partial charge in [0, 0.05) is 25.2 Å². The Bertz CT molecular complexity index is 1820. The fourth-order valence-electron chi connectivity index (χ4n) is 4.50. The highest BCUT2D eigenvalue weighted by Crippen LogP contribution is 2.25. The first kappa shape index (κ1) is 26.4. The van der Waals surface area contributed by atoms with Gasteiger partial charge in [0.1, 0.15) is 0 Å². The van der Waals surface area contributed by atoms with E-state index in [9.17, 15) is 21.6 Å². The summed E-state index contributed by atoms with van der Waals surface area (Å²) in [5, 5.41) is 5.27. The Kier molecular flexibility index (Phi) is 7.09. The number of nitrogens with two attached hydrogens (primary N) is 1. The van der Waals surface area contributed by atoms with Crippen LogP contribution in [0.5, 0.6) is 0 Å². The number of aryl methyl sites for hydroxylation is 1. The number of primary sulfonamides is 1. The lowest BCUT2D eigenvalue weighted by Crippen LogP contribution is -2.35. The topological polar surface area (TPSA) is 132 Å². The van der Waals surface area contributed by atoms with Crippen molar-refractivity contribution in [1.29, 1.82) is 0 Å². The Morgan fingerprint density at radius 1 is 0.974 bits per heavy atom. The summed E-state index contributed by atoms with van der Waals surface area (Å²) in [5.74, 6) is -0.524. The SMILES string of the molecule is CCCn1c(=NC(=O)c2ccc(S(=O)(=O)N3CCc4ccccc4C3)cc2)sc2cc(S(N)(=O)=O)ccc21. The molecule has 0 saturated carbocycles. The van der Waals surface area contributed by atoms with Crippen molar-refractivity contribution in [2.75, 3.05) is 6.54 Å². The molecule has 3 aromatic carbocycles. The van der Waals surface area contributed by atoms with Gasteiger partial charge in [0.2, 0.25) is 20.0 Å². The molecule has 9 nitrogen and oxygen atoms in total. The minimum Gasteiger partial charge on any atom is -0.316 e. The monoisotopic (exact) mass is 570 g/mol. The molecule has 4 aromatic rings. The van der Waals surface area contributed by atoms with E-state index in [0.717, 1.165) is 23.1 Å². The van der Waals surface area contributed by atoms with Gasteiger partial charge in [-0.25, -0.2) is 22.0 Å². The summed E-state index contributed by atoms with van der Waals surface area (Å²) in [5.41, 5.74) is 3.15. The number of sulfonamides is 2. The molecule has 0 spiro atoms. The number of benzene rings is 3. The predicted octanol–water partition coefficient (Wildman–Crippen LogP) is 3.25. The first-order chi connectivity index (χ1) is 18.1. The standard InChI is InChI=1S/C26H26N4O5S3/c1-2-14-30-23-12-11-22(37(27,32)33)16-24(23)36-26(30)28-25(31)19-7-9-21(10-8-19)38(34,35)29-15-13-18-5-3-4-6-20(18)17-29/h3-12,16H,2,13-15,17H2,1H3,(H2,27,32,33). The maximum absolute atomic E-state index is 13.2. The highest BCUT2D eigenvalue weighted by atomic mass is 32.2. The van der Waals surface area contributed by atoms with Gasteiger partial charge < -0.3 is 4.57 Å². The molecule has 2 N–H and O–H groups in total. The largest absolute Gasteiger partial charge is 0.316 e. The maximum Gasteiger partial charge on any atom is 0.279 e. The summed E-state index contributed by atoms with van der Waals surface area (Å²) in [7, 11) is -7.59. The second kappa shape index (κ2) is 10.2. The van der Waals surface area contributed by atoms with Crippen molar-refractivity contribution in [3.8, 4) is 0 Å². The summed E-state index contributed by atoms with van der Waals surface area (Å²) in [6.07, 6.45) is 1.42. The lowest BCUT2D eigenvalue weighted by Gasteiger charge is -2.28. The van der Waals surface area contributed by atoms with Crippen LogP contribution in [0.1, 0.15) is 34.8 Å². The number of rotatable bonds is 6. The molecular weight excluding hydrogens is 545 g/mol. The molecule has 1 aromatic heterocycles. The minimum atomic E-state index is -3.87. The summed E-state index contributed by atoms with van der Waals surface area (Å²) in [6.45, 7) is 3.27. The van der Waals surface area contributed by atoms with Gasteiger partial charge in [-0.1, -0.05) is 42.5 Å². The number of fused-ring (bicyclic) bond motifs is 2. The van der Waals surface area contributed by atoms with E-state index in [1.165, 1.54) is 52.0 Å². The van der Waals surface area contributed by atoms with Gasteiger partial charge in [-0.3, -0.25) is 4.79 Å². The fraction of sp³-hybridized carbons (Fsp3) is 0.231. The van der Waals surface area contributed by atoms with Crippen molar-refractivity contribution in [3.05, 3.63) is 88.2 Å². The lowest BCUT2D eigenvalue weighted by atomic mass is 10.0. The Morgan fingerprint density at radius 3 is 2.34 bits per heavy atom. The van der Waals surface area contributed by atoms with Gasteiger partial charge in [-0.2, -0.15) is 9.30 Å². The molecule has 12 heteroatoms. The van der Waals surface area contributed by atoms with E-state index in [0.29, 0.717) is 35.6 Å². The molecule has 0 unspecified atom stereocenters. The van der Waals surface area contributed by atoms with E-state index in [1.54, 1.807) is 6.07 Å². The number of amides is 1. The molecule has 1 aliphatic rings. The molecular formula is C26H26N4O5S3. The molecule has 1 aliphatic heterocycles. The van der Waals surface area contributed by atoms with Gasteiger partial charge in [0.05, 0.1) is 20.0 Å². The molecule has 1 amide bonds. The molecule has 38 heavy (non-hydrogen) atoms. The van der Waals surface area contributed by atoms with Crippen LogP contribution in [0.25, 0.3) is 10.2 Å². The molecule has 0 radical (unpaired) electrons. The zero-order chi connectivity index (χ0) is 27.1. The predicted molar refractivity (Wildman–Crippen MR) is 146 cm³/mol. The van der Waals surface area contributed by atoms with Crippen molar-refractivity contribution in [2.45, 2.75) is 42.6 Å². The number of hydrogen-bond donors (Lipinski definition) is 1. The van der Waals surface area contributed by atoms with E-state index in [2.05, 4.69) is 4.99 Å². The Morgan fingerprint density at radius 2 is 1.66 bits per heavy atom. The molecule has 0 saturated heterocycles. The Hall–Kier alpha value is -3.16. The van der Waals surface area contributed by atoms with Crippen LogP contribution in [0.4, 0.5) is 0 Å². The van der Waals surface area contributed by atoms with Crippen molar-refractivity contribution >= 4 is 47.5 Å². The van der Waals surface area contributed by atoms with E-state index in [1.807, 2.05) is 35.8 Å². The van der Waals surface area contributed by atoms with E-state index in [4.69, 9.17) is 5.14 Å². The third-order valence-electron chi connectivity index (χ3n) is 6.46. The number of thiazole rings is 1. The number of carbonyl (C=O) groups is 1. The summed E-state index contributed by atoms with van der Waals surface area (Å²) < 4.78 is 54.0. The molecule has 0 atom stereocenters. The van der Waals surface area contributed by atoms with Gasteiger partial charge in [-0.05, 0) is 66.4 Å². The molecule has 5 rings (SSSR count). The van der Waals surface area contributed by atoms with Crippen molar-refractivity contribution < 1.29 is 21.6 Å². The summed E-state index contributed by atoms with van der Waals surface area (Å²) >= 11 is 1.19. The normalized spacial score (nSPS) is 15.1. The van der Waals surface area contributed by atoms with Crippen LogP contribution < -0.4 is 9.94 Å². The van der Waals surface area contributed by atoms with Crippen molar-refractivity contribution in [3.63, 3.8) is 0 Å². The third kappa shape index (κ3) is 5.09. The average Bonchev–Trinajstić information content (AvgIpc) is 3.24. The summed E-state index contributed by atoms with van der Waals surface area (Å²) in [6, 6.07) is 18.2. The average molecular weight is 571 g/mol. The molecule has 0 bridgehead atoms. The Labute approximate surface area is 225 Å². The molecule has 198 valence electrons. The van der Waals surface area contributed by atoms with Crippen LogP contribution in [0, 0.1) is 0 Å². The highest BCUT2D eigenvalue weighted by Gasteiger charge is 2.28. The zero-order valence-electron chi connectivity index (χ0n) is 20.6. The van der Waals surface area contributed by atoms with Crippen LogP contribution >= 0.6 is 11.3 Å². The number of nitrogens with zero attached hydrogens (tertiary/aromatic N) is 3. The van der Waals surface area contributed by atoms with Crippen LogP contribution in [-0.2, 0) is 39.6 Å². The number of carbonyl (C=O) groups excluding carboxylic acids is 1. The maximum atomic E-state index is 13.2. The van der Waals surface area contributed by atoms with Crippen LogP contribution in [0.15, 0.2) is 81.5 Å². The fourth-order valence-corrected chi connectivity index (χ4v) is 7.63. The molecule has 0 aliphatic carbocycles. The Balaban J connectivity index is 1.44. The summed E-state index contributed by atoms with van der Waals surface area (Å²) in [4.78, 5) is 17.8. The van der Waals surface area contributed by atoms with Crippen molar-refractivity contribution in [1.82, 2.24) is 8.87 Å². The second-order valence-electron chi connectivity index (χ2n) is 9.01. The van der Waals surface area contributed by atoms with E-state index < -0.39 is 26.0 Å². The van der Waals surface area contributed by atoms with Gasteiger partial charge in [0.25, 0.3) is 5.91 Å². The van der Waals surface area contributed by atoms with E-state index in [-0.39, 0.29) is 15.4 Å². The lowest BCUT2D eigenvalue weighted by molar-refractivity contribution is 0.0997. The van der Waals surface area contributed by atoms with Crippen LogP contribution in [-0.4, -0.2) is 38.2 Å².